The first kappa shape index (κ1) is 11.1. The zero-order valence-electron chi connectivity index (χ0n) is 9.16. The van der Waals surface area contributed by atoms with Crippen molar-refractivity contribution in [3.63, 3.8) is 0 Å². The van der Waals surface area contributed by atoms with Crippen molar-refractivity contribution in [2.75, 3.05) is 7.11 Å². The maximum absolute atomic E-state index is 11.4. The third-order valence-corrected chi connectivity index (χ3v) is 2.29. The molecule has 2 aromatic heterocycles. The minimum absolute atomic E-state index is 0.320. The van der Waals surface area contributed by atoms with E-state index >= 15 is 0 Å². The molecule has 2 heterocycles. The van der Waals surface area contributed by atoms with Crippen LogP contribution < -0.4 is 0 Å². The van der Waals surface area contributed by atoms with Crippen molar-refractivity contribution in [3.05, 3.63) is 47.9 Å². The first-order chi connectivity index (χ1) is 8.26. The maximum Gasteiger partial charge on any atom is 0.339 e. The number of pyridine rings is 1. The lowest BCUT2D eigenvalue weighted by atomic mass is 10.3. The molecule has 0 N–H and O–H groups in total. The quantitative estimate of drug-likeness (QED) is 0.591. The summed E-state index contributed by atoms with van der Waals surface area (Å²) in [5.74, 6) is 0.0903. The Bertz CT molecular complexity index is 546. The van der Waals surface area contributed by atoms with Crippen LogP contribution in [-0.2, 0) is 4.74 Å². The number of aromatic nitrogens is 2. The average molecular weight is 230 g/mol. The van der Waals surface area contributed by atoms with Crippen LogP contribution in [-0.4, -0.2) is 28.9 Å². The number of ether oxygens (including phenoxy) is 1. The van der Waals surface area contributed by atoms with E-state index in [0.717, 1.165) is 0 Å². The van der Waals surface area contributed by atoms with E-state index in [1.54, 1.807) is 29.0 Å². The summed E-state index contributed by atoms with van der Waals surface area (Å²) in [6.07, 6.45) is 3.81. The summed E-state index contributed by atoms with van der Waals surface area (Å²) in [6, 6.07) is 6.78. The highest BCUT2D eigenvalue weighted by molar-refractivity contribution is 5.91. The lowest BCUT2D eigenvalue weighted by Gasteiger charge is -2.02. The number of carbonyl (C=O) groups is 2. The van der Waals surface area contributed by atoms with Crippen molar-refractivity contribution < 1.29 is 14.3 Å². The molecule has 5 heteroatoms. The van der Waals surface area contributed by atoms with E-state index in [9.17, 15) is 9.59 Å². The first-order valence-corrected chi connectivity index (χ1v) is 4.93. The summed E-state index contributed by atoms with van der Waals surface area (Å²) in [6.45, 7) is 0. The van der Waals surface area contributed by atoms with Gasteiger partial charge in [-0.3, -0.25) is 9.36 Å². The summed E-state index contributed by atoms with van der Waals surface area (Å²) >= 11 is 0. The summed E-state index contributed by atoms with van der Waals surface area (Å²) < 4.78 is 6.14. The molecule has 86 valence electrons. The van der Waals surface area contributed by atoms with E-state index in [0.29, 0.717) is 23.4 Å². The Balaban J connectivity index is 2.51. The molecule has 0 aliphatic carbocycles. The van der Waals surface area contributed by atoms with E-state index in [-0.39, 0.29) is 0 Å². The summed E-state index contributed by atoms with van der Waals surface area (Å²) in [4.78, 5) is 26.4. The highest BCUT2D eigenvalue weighted by atomic mass is 16.5. The fourth-order valence-electron chi connectivity index (χ4n) is 1.49. The fourth-order valence-corrected chi connectivity index (χ4v) is 1.49. The van der Waals surface area contributed by atoms with Gasteiger partial charge >= 0.3 is 5.97 Å². The van der Waals surface area contributed by atoms with Crippen LogP contribution in [0.1, 0.15) is 20.8 Å². The van der Waals surface area contributed by atoms with E-state index in [1.807, 2.05) is 0 Å². The van der Waals surface area contributed by atoms with Gasteiger partial charge in [0, 0.05) is 12.4 Å². The molecular formula is C12H10N2O3. The van der Waals surface area contributed by atoms with E-state index in [4.69, 9.17) is 0 Å². The number of esters is 1. The molecule has 2 rings (SSSR count). The third-order valence-electron chi connectivity index (χ3n) is 2.29. The van der Waals surface area contributed by atoms with Crippen molar-refractivity contribution >= 4 is 12.3 Å². The van der Waals surface area contributed by atoms with Gasteiger partial charge in [0.25, 0.3) is 0 Å². The molecule has 0 aromatic carbocycles. The van der Waals surface area contributed by atoms with Gasteiger partial charge in [-0.15, -0.1) is 0 Å². The number of aldehydes is 1. The summed E-state index contributed by atoms with van der Waals surface area (Å²) in [5, 5.41) is 0. The molecular weight excluding hydrogens is 220 g/mol. The largest absolute Gasteiger partial charge is 0.465 e. The minimum atomic E-state index is -0.484. The van der Waals surface area contributed by atoms with Crippen molar-refractivity contribution in [1.29, 1.82) is 0 Å². The molecule has 5 nitrogen and oxygen atoms in total. The second-order valence-corrected chi connectivity index (χ2v) is 3.32. The van der Waals surface area contributed by atoms with Gasteiger partial charge in [-0.05, 0) is 18.2 Å². The molecule has 0 unspecified atom stereocenters. The maximum atomic E-state index is 11.4. The molecule has 0 saturated carbocycles. The van der Waals surface area contributed by atoms with Gasteiger partial charge in [-0.2, -0.15) is 0 Å². The highest BCUT2D eigenvalue weighted by Crippen LogP contribution is 2.13. The average Bonchev–Trinajstić information content (AvgIpc) is 2.83. The number of nitrogens with zero attached hydrogens (tertiary/aromatic N) is 2. The van der Waals surface area contributed by atoms with Crippen molar-refractivity contribution in [2.45, 2.75) is 0 Å². The molecule has 0 bridgehead atoms. The molecule has 0 amide bonds. The van der Waals surface area contributed by atoms with Crippen LogP contribution in [0.4, 0.5) is 0 Å². The molecule has 0 aliphatic rings. The molecule has 2 aromatic rings. The van der Waals surface area contributed by atoms with E-state index in [2.05, 4.69) is 9.72 Å². The second-order valence-electron chi connectivity index (χ2n) is 3.32. The Morgan fingerprint density at radius 2 is 2.29 bits per heavy atom. The second kappa shape index (κ2) is 4.61. The van der Waals surface area contributed by atoms with Gasteiger partial charge in [0.15, 0.2) is 6.29 Å². The van der Waals surface area contributed by atoms with Crippen molar-refractivity contribution in [3.8, 4) is 5.82 Å². The highest BCUT2D eigenvalue weighted by Gasteiger charge is 2.13. The van der Waals surface area contributed by atoms with Crippen LogP contribution >= 0.6 is 0 Å². The Hall–Kier alpha value is -2.43. The van der Waals surface area contributed by atoms with Crippen LogP contribution in [0.2, 0.25) is 0 Å². The predicted octanol–water partition coefficient (Wildman–Crippen LogP) is 1.47. The number of rotatable bonds is 3. The molecule has 0 radical (unpaired) electrons. The predicted molar refractivity (Wildman–Crippen MR) is 60.3 cm³/mol. The Kier molecular flexibility index (Phi) is 3.00. The van der Waals surface area contributed by atoms with E-state index < -0.39 is 5.97 Å². The molecule has 0 atom stereocenters. The Morgan fingerprint density at radius 3 is 2.88 bits per heavy atom. The molecule has 0 aliphatic heterocycles. The van der Waals surface area contributed by atoms with E-state index in [1.165, 1.54) is 19.4 Å². The zero-order valence-corrected chi connectivity index (χ0v) is 9.16. The lowest BCUT2D eigenvalue weighted by molar-refractivity contribution is 0.0601. The SMILES string of the molecule is COC(=O)c1cc(C=O)n(-c2ccccn2)c1. The summed E-state index contributed by atoms with van der Waals surface area (Å²) in [7, 11) is 1.29. The number of hydrogen-bond acceptors (Lipinski definition) is 4. The van der Waals surface area contributed by atoms with Gasteiger partial charge in [-0.1, -0.05) is 6.07 Å². The standard InChI is InChI=1S/C12H10N2O3/c1-17-12(16)9-6-10(8-15)14(7-9)11-4-2-3-5-13-11/h2-8H,1H3. The summed E-state index contributed by atoms with van der Waals surface area (Å²) in [5.41, 5.74) is 0.671. The van der Waals surface area contributed by atoms with Gasteiger partial charge < -0.3 is 4.74 Å². The fraction of sp³-hybridized carbons (Fsp3) is 0.0833. The van der Waals surface area contributed by atoms with Gasteiger partial charge in [0.05, 0.1) is 18.4 Å². The molecule has 0 fully saturated rings. The van der Waals surface area contributed by atoms with Crippen molar-refractivity contribution in [2.24, 2.45) is 0 Å². The minimum Gasteiger partial charge on any atom is -0.465 e. The van der Waals surface area contributed by atoms with Crippen LogP contribution in [0.3, 0.4) is 0 Å². The van der Waals surface area contributed by atoms with Gasteiger partial charge in [0.2, 0.25) is 0 Å². The van der Waals surface area contributed by atoms with Gasteiger partial charge in [-0.25, -0.2) is 9.78 Å². The van der Waals surface area contributed by atoms with Crippen molar-refractivity contribution in [1.82, 2.24) is 9.55 Å². The molecule has 0 spiro atoms. The lowest BCUT2D eigenvalue weighted by Crippen LogP contribution is -2.00. The van der Waals surface area contributed by atoms with Crippen LogP contribution in [0.5, 0.6) is 0 Å². The normalized spacial score (nSPS) is 9.94. The zero-order chi connectivity index (χ0) is 12.3. The number of hydrogen-bond donors (Lipinski definition) is 0. The number of methoxy groups -OCH3 is 1. The number of carbonyl (C=O) groups excluding carboxylic acids is 2. The smallest absolute Gasteiger partial charge is 0.339 e. The molecule has 17 heavy (non-hydrogen) atoms. The third kappa shape index (κ3) is 2.08. The Morgan fingerprint density at radius 1 is 1.47 bits per heavy atom. The topological polar surface area (TPSA) is 61.2 Å². The first-order valence-electron chi connectivity index (χ1n) is 4.93. The Labute approximate surface area is 97.7 Å². The van der Waals surface area contributed by atoms with Gasteiger partial charge in [0.1, 0.15) is 5.82 Å². The van der Waals surface area contributed by atoms with Crippen LogP contribution in [0.15, 0.2) is 36.7 Å². The van der Waals surface area contributed by atoms with Crippen LogP contribution in [0, 0.1) is 0 Å². The van der Waals surface area contributed by atoms with Crippen LogP contribution in [0.25, 0.3) is 5.82 Å². The monoisotopic (exact) mass is 230 g/mol. The molecule has 0 saturated heterocycles.